The molecule has 0 bridgehead atoms. The highest BCUT2D eigenvalue weighted by Gasteiger charge is 1.95. The molecule has 4 heteroatoms. The molecule has 0 heterocycles. The molecule has 2 nitrogen and oxygen atoms in total. The molecular weight excluding hydrogens is 164 g/mol. The van der Waals surface area contributed by atoms with Crippen LogP contribution in [0.5, 0.6) is 0 Å². The normalized spacial score (nSPS) is 12.2. The predicted molar refractivity (Wildman–Crippen MR) is 52.2 cm³/mol. The Bertz CT molecular complexity index is 134. The van der Waals surface area contributed by atoms with Gasteiger partial charge in [0.25, 0.3) is 0 Å². The lowest BCUT2D eigenvalue weighted by molar-refractivity contribution is 0.953. The number of rotatable bonds is 4. The van der Waals surface area contributed by atoms with Gasteiger partial charge in [-0.15, -0.1) is 0 Å². The van der Waals surface area contributed by atoms with Crippen molar-refractivity contribution in [1.82, 2.24) is 3.71 Å². The van der Waals surface area contributed by atoms with Crippen LogP contribution in [0.4, 0.5) is 0 Å². The second-order valence-corrected chi connectivity index (χ2v) is 4.15. The Morgan fingerprint density at radius 3 is 2.70 bits per heavy atom. The molecule has 0 saturated carbocycles. The molecular formula is C6H12N2S2. The van der Waals surface area contributed by atoms with Gasteiger partial charge >= 0.3 is 0 Å². The van der Waals surface area contributed by atoms with Crippen LogP contribution in [0.15, 0.2) is 16.1 Å². The van der Waals surface area contributed by atoms with Crippen molar-refractivity contribution in [2.75, 3.05) is 13.3 Å². The van der Waals surface area contributed by atoms with Crippen molar-refractivity contribution in [2.45, 2.75) is 6.92 Å². The zero-order chi connectivity index (χ0) is 7.98. The van der Waals surface area contributed by atoms with Crippen LogP contribution in [0.3, 0.4) is 0 Å². The minimum Gasteiger partial charge on any atom is -0.272 e. The topological polar surface area (TPSA) is 15.6 Å². The average molecular weight is 176 g/mol. The molecule has 0 unspecified atom stereocenters. The standard InChI is InChI=1S/C6H12N2S2/c1-6(5-7-2)10-8(3)9-4/h5H,2H2,1,3-4H3/b6-5-. The second kappa shape index (κ2) is 5.82. The van der Waals surface area contributed by atoms with Gasteiger partial charge in [0.15, 0.2) is 0 Å². The van der Waals surface area contributed by atoms with E-state index >= 15 is 0 Å². The zero-order valence-corrected chi connectivity index (χ0v) is 8.13. The van der Waals surface area contributed by atoms with E-state index in [1.807, 2.05) is 20.2 Å². The van der Waals surface area contributed by atoms with Crippen LogP contribution in [0.25, 0.3) is 0 Å². The summed E-state index contributed by atoms with van der Waals surface area (Å²) < 4.78 is 2.05. The van der Waals surface area contributed by atoms with Crippen molar-refractivity contribution in [1.29, 1.82) is 0 Å². The maximum atomic E-state index is 3.65. The van der Waals surface area contributed by atoms with Gasteiger partial charge < -0.3 is 0 Å². The van der Waals surface area contributed by atoms with Gasteiger partial charge in [0.05, 0.1) is 0 Å². The number of nitrogens with zero attached hydrogens (tertiary/aromatic N) is 2. The molecule has 0 saturated heterocycles. The van der Waals surface area contributed by atoms with Gasteiger partial charge in [-0.05, 0) is 31.8 Å². The number of hydrogen-bond donors (Lipinski definition) is 0. The number of aliphatic imine (C=N–C) groups is 1. The lowest BCUT2D eigenvalue weighted by Gasteiger charge is -2.09. The molecule has 0 N–H and O–H groups in total. The van der Waals surface area contributed by atoms with Gasteiger partial charge in [0, 0.05) is 18.2 Å². The van der Waals surface area contributed by atoms with Crippen molar-refractivity contribution in [3.05, 3.63) is 11.1 Å². The highest BCUT2D eigenvalue weighted by atomic mass is 32.2. The van der Waals surface area contributed by atoms with Crippen molar-refractivity contribution in [3.8, 4) is 0 Å². The van der Waals surface area contributed by atoms with E-state index in [4.69, 9.17) is 0 Å². The summed E-state index contributed by atoms with van der Waals surface area (Å²) in [6.45, 7) is 5.37. The first-order chi connectivity index (χ1) is 4.70. The summed E-state index contributed by atoms with van der Waals surface area (Å²) in [7, 11) is 2.01. The molecule has 0 radical (unpaired) electrons. The summed E-state index contributed by atoms with van der Waals surface area (Å²) in [5.74, 6) is 0. The second-order valence-electron chi connectivity index (χ2n) is 1.64. The third-order valence-corrected chi connectivity index (χ3v) is 2.64. The number of allylic oxidation sites excluding steroid dienone is 1. The Hall–Kier alpha value is 0.0700. The molecule has 0 aliphatic carbocycles. The van der Waals surface area contributed by atoms with Crippen molar-refractivity contribution < 1.29 is 0 Å². The van der Waals surface area contributed by atoms with Crippen LogP contribution in [-0.2, 0) is 0 Å². The van der Waals surface area contributed by atoms with E-state index in [1.54, 1.807) is 30.1 Å². The van der Waals surface area contributed by atoms with Crippen LogP contribution < -0.4 is 0 Å². The summed E-state index contributed by atoms with van der Waals surface area (Å²) >= 11 is 3.32. The molecule has 0 aromatic rings. The molecule has 0 aromatic carbocycles. The van der Waals surface area contributed by atoms with E-state index in [1.165, 1.54) is 0 Å². The fraction of sp³-hybridized carbons (Fsp3) is 0.500. The Labute approximate surface area is 71.0 Å². The van der Waals surface area contributed by atoms with Crippen molar-refractivity contribution in [3.63, 3.8) is 0 Å². The molecule has 0 atom stereocenters. The maximum absolute atomic E-state index is 3.65. The number of hydrogen-bond acceptors (Lipinski definition) is 4. The SMILES string of the molecule is C=N/C=C(/C)SN(C)SC. The molecule has 10 heavy (non-hydrogen) atoms. The van der Waals surface area contributed by atoms with Crippen molar-refractivity contribution in [2.24, 2.45) is 4.99 Å². The van der Waals surface area contributed by atoms with E-state index in [0.717, 1.165) is 4.91 Å². The van der Waals surface area contributed by atoms with Crippen LogP contribution in [0, 0.1) is 0 Å². The smallest absolute Gasteiger partial charge is 0.0366 e. The Kier molecular flexibility index (Phi) is 5.87. The lowest BCUT2D eigenvalue weighted by atomic mass is 10.7. The van der Waals surface area contributed by atoms with E-state index in [2.05, 4.69) is 15.4 Å². The summed E-state index contributed by atoms with van der Waals surface area (Å²) in [4.78, 5) is 4.80. The third kappa shape index (κ3) is 4.90. The third-order valence-electron chi connectivity index (χ3n) is 0.803. The van der Waals surface area contributed by atoms with Crippen LogP contribution in [0.2, 0.25) is 0 Å². The fourth-order valence-electron chi connectivity index (χ4n) is 0.392. The zero-order valence-electron chi connectivity index (χ0n) is 6.50. The van der Waals surface area contributed by atoms with Crippen molar-refractivity contribution >= 4 is 30.6 Å². The molecule has 0 fully saturated rings. The van der Waals surface area contributed by atoms with E-state index in [0.29, 0.717) is 0 Å². The minimum atomic E-state index is 1.15. The molecule has 0 aliphatic heterocycles. The molecule has 0 aliphatic rings. The van der Waals surface area contributed by atoms with Crippen LogP contribution in [0.1, 0.15) is 6.92 Å². The molecule has 0 aromatic heterocycles. The van der Waals surface area contributed by atoms with Crippen LogP contribution >= 0.6 is 23.9 Å². The van der Waals surface area contributed by atoms with Gasteiger partial charge in [-0.2, -0.15) is 3.71 Å². The summed E-state index contributed by atoms with van der Waals surface area (Å²) in [6.07, 6.45) is 3.78. The fourth-order valence-corrected chi connectivity index (χ4v) is 1.57. The Morgan fingerprint density at radius 2 is 2.30 bits per heavy atom. The quantitative estimate of drug-likeness (QED) is 0.483. The highest BCUT2D eigenvalue weighted by molar-refractivity contribution is 8.13. The van der Waals surface area contributed by atoms with Gasteiger partial charge in [0.1, 0.15) is 0 Å². The highest BCUT2D eigenvalue weighted by Crippen LogP contribution is 2.23. The average Bonchev–Trinajstić information content (AvgIpc) is 1.88. The monoisotopic (exact) mass is 176 g/mol. The van der Waals surface area contributed by atoms with Gasteiger partial charge in [-0.3, -0.25) is 4.99 Å². The Balaban J connectivity index is 3.66. The Morgan fingerprint density at radius 1 is 1.70 bits per heavy atom. The molecule has 0 amide bonds. The minimum absolute atomic E-state index is 1.15. The molecule has 58 valence electrons. The summed E-state index contributed by atoms with van der Waals surface area (Å²) in [5.41, 5.74) is 0. The summed E-state index contributed by atoms with van der Waals surface area (Å²) in [6, 6.07) is 0. The lowest BCUT2D eigenvalue weighted by Crippen LogP contribution is -1.94. The maximum Gasteiger partial charge on any atom is 0.0366 e. The van der Waals surface area contributed by atoms with Gasteiger partial charge in [-0.1, -0.05) is 11.9 Å². The molecule has 0 rings (SSSR count). The van der Waals surface area contributed by atoms with E-state index in [9.17, 15) is 0 Å². The molecule has 0 spiro atoms. The van der Waals surface area contributed by atoms with E-state index < -0.39 is 0 Å². The van der Waals surface area contributed by atoms with Crippen LogP contribution in [-0.4, -0.2) is 23.7 Å². The predicted octanol–water partition coefficient (Wildman–Crippen LogP) is 2.41. The first kappa shape index (κ1) is 10.1. The first-order valence-electron chi connectivity index (χ1n) is 2.79. The largest absolute Gasteiger partial charge is 0.272 e. The first-order valence-corrected chi connectivity index (χ1v) is 4.74. The van der Waals surface area contributed by atoms with Gasteiger partial charge in [0.2, 0.25) is 0 Å². The summed E-state index contributed by atoms with van der Waals surface area (Å²) in [5, 5.41) is 0. The van der Waals surface area contributed by atoms with E-state index in [-0.39, 0.29) is 0 Å². The van der Waals surface area contributed by atoms with Gasteiger partial charge in [-0.25, -0.2) is 0 Å².